The highest BCUT2D eigenvalue weighted by atomic mass is 35.5. The summed E-state index contributed by atoms with van der Waals surface area (Å²) in [6.45, 7) is 3.60. The van der Waals surface area contributed by atoms with Crippen molar-refractivity contribution >= 4 is 39.8 Å². The number of phenolic OH excluding ortho intramolecular Hbond substituents is 1. The maximum Gasteiger partial charge on any atom is 0.167 e. The van der Waals surface area contributed by atoms with E-state index in [2.05, 4.69) is 20.2 Å². The second-order valence-corrected chi connectivity index (χ2v) is 6.62. The third kappa shape index (κ3) is 2.96. The Kier molecular flexibility index (Phi) is 4.16. The van der Waals surface area contributed by atoms with Crippen LogP contribution in [-0.4, -0.2) is 25.3 Å². The van der Waals surface area contributed by atoms with Gasteiger partial charge in [-0.3, -0.25) is 10.00 Å². The third-order valence-electron chi connectivity index (χ3n) is 4.24. The molecule has 8 heteroatoms. The predicted octanol–water partition coefficient (Wildman–Crippen LogP) is 4.94. The average Bonchev–Trinajstić information content (AvgIpc) is 3.12. The largest absolute Gasteiger partial charge is 0.506 e. The molecule has 0 aliphatic carbocycles. The molecule has 0 saturated heterocycles. The van der Waals surface area contributed by atoms with Gasteiger partial charge in [0.25, 0.3) is 0 Å². The Balaban J connectivity index is 2.04. The Bertz CT molecular complexity index is 1160. The van der Waals surface area contributed by atoms with Gasteiger partial charge in [0.2, 0.25) is 0 Å². The van der Waals surface area contributed by atoms with Crippen LogP contribution in [0.15, 0.2) is 42.9 Å². The van der Waals surface area contributed by atoms with Gasteiger partial charge in [0.1, 0.15) is 28.9 Å². The lowest BCUT2D eigenvalue weighted by atomic mass is 10.1. The summed E-state index contributed by atoms with van der Waals surface area (Å²) in [6, 6.07) is 8.15. The molecular formula is C19H15ClFN5O. The molecule has 2 heterocycles. The van der Waals surface area contributed by atoms with Gasteiger partial charge in [-0.2, -0.15) is 5.10 Å². The summed E-state index contributed by atoms with van der Waals surface area (Å²) >= 11 is 6.11. The van der Waals surface area contributed by atoms with E-state index in [1.54, 1.807) is 42.3 Å². The Morgan fingerprint density at radius 1 is 1.15 bits per heavy atom. The van der Waals surface area contributed by atoms with Gasteiger partial charge in [-0.15, -0.1) is 0 Å². The first-order chi connectivity index (χ1) is 13.0. The summed E-state index contributed by atoms with van der Waals surface area (Å²) in [5.74, 6) is -0.0186. The number of aromatic hydroxyl groups is 1. The van der Waals surface area contributed by atoms with Gasteiger partial charge in [-0.05, 0) is 49.2 Å². The van der Waals surface area contributed by atoms with Crippen LogP contribution in [0.4, 0.5) is 21.6 Å². The van der Waals surface area contributed by atoms with E-state index in [9.17, 15) is 5.11 Å². The molecule has 0 fully saturated rings. The summed E-state index contributed by atoms with van der Waals surface area (Å²) in [4.78, 5) is 10.2. The molecule has 6 nitrogen and oxygen atoms in total. The summed E-state index contributed by atoms with van der Waals surface area (Å²) in [5, 5.41) is 16.8. The zero-order valence-electron chi connectivity index (χ0n) is 14.5. The number of hydrogen-bond donors (Lipinski definition) is 2. The first-order valence-corrected chi connectivity index (χ1v) is 8.53. The number of phenols is 1. The molecule has 0 amide bonds. The summed E-state index contributed by atoms with van der Waals surface area (Å²) in [7, 11) is 0. The minimum Gasteiger partial charge on any atom is -0.506 e. The molecule has 0 atom stereocenters. The molecule has 136 valence electrons. The molecule has 0 aliphatic heterocycles. The molecule has 2 aromatic carbocycles. The van der Waals surface area contributed by atoms with E-state index in [1.807, 2.05) is 6.92 Å². The van der Waals surface area contributed by atoms with Crippen molar-refractivity contribution in [3.63, 3.8) is 0 Å². The summed E-state index contributed by atoms with van der Waals surface area (Å²) < 4.78 is 15.1. The number of aromatic amines is 1. The smallest absolute Gasteiger partial charge is 0.167 e. The normalized spacial score (nSPS) is 11.1. The van der Waals surface area contributed by atoms with Gasteiger partial charge in [-0.1, -0.05) is 17.7 Å². The quantitative estimate of drug-likeness (QED) is 0.524. The summed E-state index contributed by atoms with van der Waals surface area (Å²) in [5.41, 5.74) is 3.41. The Labute approximate surface area is 159 Å². The molecule has 0 bridgehead atoms. The van der Waals surface area contributed by atoms with Crippen LogP contribution in [0, 0.1) is 19.7 Å². The minimum atomic E-state index is -0.379. The van der Waals surface area contributed by atoms with Crippen LogP contribution < -0.4 is 4.90 Å². The zero-order valence-corrected chi connectivity index (χ0v) is 15.3. The minimum absolute atomic E-state index is 0.0596. The first kappa shape index (κ1) is 17.2. The first-order valence-electron chi connectivity index (χ1n) is 8.15. The number of aromatic nitrogens is 4. The van der Waals surface area contributed by atoms with E-state index in [-0.39, 0.29) is 16.6 Å². The number of nitrogens with one attached hydrogen (secondary N) is 1. The van der Waals surface area contributed by atoms with Crippen molar-refractivity contribution in [3.8, 4) is 5.75 Å². The monoisotopic (exact) mass is 383 g/mol. The van der Waals surface area contributed by atoms with Crippen LogP contribution in [0.2, 0.25) is 5.02 Å². The number of anilines is 3. The molecule has 4 rings (SSSR count). The van der Waals surface area contributed by atoms with Crippen molar-refractivity contribution in [1.82, 2.24) is 20.2 Å². The van der Waals surface area contributed by atoms with Crippen molar-refractivity contribution in [3.05, 3.63) is 64.8 Å². The van der Waals surface area contributed by atoms with Gasteiger partial charge in [0.15, 0.2) is 5.82 Å². The third-order valence-corrected chi connectivity index (χ3v) is 4.54. The molecule has 0 radical (unpaired) electrons. The van der Waals surface area contributed by atoms with Gasteiger partial charge in [-0.25, -0.2) is 14.4 Å². The topological polar surface area (TPSA) is 77.9 Å². The second-order valence-electron chi connectivity index (χ2n) is 6.21. The van der Waals surface area contributed by atoms with Crippen molar-refractivity contribution in [2.24, 2.45) is 0 Å². The maximum absolute atomic E-state index is 15.1. The zero-order chi connectivity index (χ0) is 19.1. The van der Waals surface area contributed by atoms with Crippen molar-refractivity contribution in [1.29, 1.82) is 0 Å². The van der Waals surface area contributed by atoms with Gasteiger partial charge in [0.05, 0.1) is 16.9 Å². The molecule has 27 heavy (non-hydrogen) atoms. The highest BCUT2D eigenvalue weighted by molar-refractivity contribution is 6.32. The van der Waals surface area contributed by atoms with E-state index in [0.717, 1.165) is 5.56 Å². The molecular weight excluding hydrogens is 369 g/mol. The molecule has 0 aliphatic rings. The van der Waals surface area contributed by atoms with Gasteiger partial charge >= 0.3 is 0 Å². The number of aryl methyl sites for hydroxylation is 2. The second kappa shape index (κ2) is 6.51. The Morgan fingerprint density at radius 3 is 2.74 bits per heavy atom. The van der Waals surface area contributed by atoms with Crippen molar-refractivity contribution < 1.29 is 9.50 Å². The van der Waals surface area contributed by atoms with Crippen LogP contribution in [0.25, 0.3) is 11.0 Å². The van der Waals surface area contributed by atoms with Crippen LogP contribution in [0.5, 0.6) is 5.75 Å². The highest BCUT2D eigenvalue weighted by Gasteiger charge is 2.23. The fourth-order valence-corrected chi connectivity index (χ4v) is 3.20. The maximum atomic E-state index is 15.1. The molecule has 4 aromatic rings. The van der Waals surface area contributed by atoms with E-state index < -0.39 is 0 Å². The number of H-pyrrole nitrogens is 1. The van der Waals surface area contributed by atoms with Crippen molar-refractivity contribution in [2.45, 2.75) is 13.8 Å². The van der Waals surface area contributed by atoms with Crippen LogP contribution in [-0.2, 0) is 0 Å². The molecule has 0 spiro atoms. The number of benzene rings is 2. The Hall–Kier alpha value is -3.19. The summed E-state index contributed by atoms with van der Waals surface area (Å²) in [6.07, 6.45) is 2.96. The number of rotatable bonds is 3. The Morgan fingerprint density at radius 2 is 1.96 bits per heavy atom. The van der Waals surface area contributed by atoms with Gasteiger partial charge in [0, 0.05) is 5.69 Å². The average molecular weight is 384 g/mol. The highest BCUT2D eigenvalue weighted by Crippen LogP contribution is 2.40. The predicted molar refractivity (Wildman–Crippen MR) is 102 cm³/mol. The van der Waals surface area contributed by atoms with E-state index in [1.165, 1.54) is 12.4 Å². The molecule has 2 N–H and O–H groups in total. The van der Waals surface area contributed by atoms with E-state index in [0.29, 0.717) is 33.8 Å². The fourth-order valence-electron chi connectivity index (χ4n) is 3.02. The number of nitrogens with zero attached hydrogens (tertiary/aromatic N) is 4. The lowest BCUT2D eigenvalue weighted by molar-refractivity contribution is 0.475. The fraction of sp³-hybridized carbons (Fsp3) is 0.105. The lowest BCUT2D eigenvalue weighted by Gasteiger charge is -2.26. The number of fused-ring (bicyclic) bond motifs is 1. The standard InChI is InChI=1S/C19H15ClFN5O/c1-10-5-11(2)17(21)15(6-10)26(12-3-4-16(27)13(20)7-12)19-18-14(8-24-25-18)22-9-23-19/h3-9,27H,1-2H3,(H,24,25). The van der Waals surface area contributed by atoms with Crippen LogP contribution in [0.3, 0.4) is 0 Å². The van der Waals surface area contributed by atoms with E-state index >= 15 is 4.39 Å². The van der Waals surface area contributed by atoms with E-state index in [4.69, 9.17) is 11.6 Å². The SMILES string of the molecule is Cc1cc(C)c(F)c(N(c2ccc(O)c(Cl)c2)c2ncnc3cn[nH]c23)c1. The lowest BCUT2D eigenvalue weighted by Crippen LogP contribution is -2.15. The van der Waals surface area contributed by atoms with Crippen molar-refractivity contribution in [2.75, 3.05) is 4.90 Å². The number of halogens is 2. The molecule has 0 saturated carbocycles. The number of hydrogen-bond acceptors (Lipinski definition) is 5. The van der Waals surface area contributed by atoms with Gasteiger partial charge < -0.3 is 5.11 Å². The molecule has 0 unspecified atom stereocenters. The van der Waals surface area contributed by atoms with Crippen LogP contribution in [0.1, 0.15) is 11.1 Å². The van der Waals surface area contributed by atoms with Crippen LogP contribution >= 0.6 is 11.6 Å². The molecule has 2 aromatic heterocycles.